The molecule has 1 aliphatic rings. The monoisotopic (exact) mass is 419 g/mol. The molecule has 1 aliphatic heterocycles. The van der Waals surface area contributed by atoms with Crippen molar-refractivity contribution in [2.24, 2.45) is 0 Å². The van der Waals surface area contributed by atoms with Crippen LogP contribution in [0, 0.1) is 0 Å². The van der Waals surface area contributed by atoms with Crippen molar-refractivity contribution in [3.8, 4) is 11.5 Å². The summed E-state index contributed by atoms with van der Waals surface area (Å²) in [7, 11) is 0. The van der Waals surface area contributed by atoms with Gasteiger partial charge in [0.05, 0.1) is 31.0 Å². The normalized spacial score (nSPS) is 17.8. The van der Waals surface area contributed by atoms with Gasteiger partial charge >= 0.3 is 0 Å². The smallest absolute Gasteiger partial charge is 0.296 e. The van der Waals surface area contributed by atoms with E-state index in [0.717, 1.165) is 0 Å². The Balaban J connectivity index is 1.84. The van der Waals surface area contributed by atoms with Gasteiger partial charge in [-0.15, -0.1) is 0 Å². The van der Waals surface area contributed by atoms with Crippen molar-refractivity contribution in [2.75, 3.05) is 6.61 Å². The molecule has 2 N–H and O–H groups in total. The number of furan rings is 1. The van der Waals surface area contributed by atoms with E-state index in [9.17, 15) is 19.8 Å². The molecule has 1 unspecified atom stereocenters. The number of phenolic OH excluding ortho intramolecular Hbond substituents is 1. The van der Waals surface area contributed by atoms with Crippen molar-refractivity contribution in [1.29, 1.82) is 0 Å². The molecule has 0 bridgehead atoms. The second-order valence-corrected chi connectivity index (χ2v) is 7.06. The minimum Gasteiger partial charge on any atom is -0.508 e. The first-order valence-electron chi connectivity index (χ1n) is 9.82. The third-order valence-electron chi connectivity index (χ3n) is 5.07. The summed E-state index contributed by atoms with van der Waals surface area (Å²) in [6, 6.07) is 15.4. The van der Waals surface area contributed by atoms with E-state index in [4.69, 9.17) is 9.15 Å². The number of hydrogen-bond donors (Lipinski definition) is 2. The Morgan fingerprint density at radius 2 is 1.87 bits per heavy atom. The quantitative estimate of drug-likeness (QED) is 0.356. The van der Waals surface area contributed by atoms with Gasteiger partial charge in [0.1, 0.15) is 23.0 Å². The molecule has 1 fully saturated rings. The number of benzene rings is 2. The molecule has 1 aromatic heterocycles. The summed E-state index contributed by atoms with van der Waals surface area (Å²) in [5.41, 5.74) is 0.910. The average molecular weight is 419 g/mol. The molecule has 0 aliphatic carbocycles. The van der Waals surface area contributed by atoms with Crippen LogP contribution < -0.4 is 4.74 Å². The highest BCUT2D eigenvalue weighted by Gasteiger charge is 2.46. The van der Waals surface area contributed by atoms with E-state index >= 15 is 0 Å². The molecular formula is C24H21NO6. The van der Waals surface area contributed by atoms with Crippen LogP contribution in [-0.2, 0) is 16.1 Å². The molecule has 0 spiro atoms. The van der Waals surface area contributed by atoms with Gasteiger partial charge in [-0.1, -0.05) is 24.3 Å². The van der Waals surface area contributed by atoms with Crippen molar-refractivity contribution in [2.45, 2.75) is 19.5 Å². The lowest BCUT2D eigenvalue weighted by atomic mass is 9.95. The molecule has 0 radical (unpaired) electrons. The first kappa shape index (κ1) is 20.3. The third-order valence-corrected chi connectivity index (χ3v) is 5.07. The number of rotatable bonds is 6. The number of aliphatic hydroxyl groups is 1. The Bertz CT molecular complexity index is 1130. The number of aliphatic hydroxyl groups excluding tert-OH is 1. The number of ether oxygens (including phenoxy) is 1. The predicted octanol–water partition coefficient (Wildman–Crippen LogP) is 4.01. The van der Waals surface area contributed by atoms with Gasteiger partial charge in [0.25, 0.3) is 11.7 Å². The highest BCUT2D eigenvalue weighted by molar-refractivity contribution is 6.46. The fourth-order valence-corrected chi connectivity index (χ4v) is 3.67. The predicted molar refractivity (Wildman–Crippen MR) is 112 cm³/mol. The van der Waals surface area contributed by atoms with Gasteiger partial charge in [-0.05, 0) is 48.9 Å². The summed E-state index contributed by atoms with van der Waals surface area (Å²) in [6.07, 6.45) is 1.49. The number of hydrogen-bond acceptors (Lipinski definition) is 6. The number of aromatic hydroxyl groups is 1. The number of phenols is 1. The average Bonchev–Trinajstić information content (AvgIpc) is 3.37. The number of amides is 1. The van der Waals surface area contributed by atoms with Gasteiger partial charge in [-0.25, -0.2) is 0 Å². The molecule has 31 heavy (non-hydrogen) atoms. The minimum absolute atomic E-state index is 0.0316. The number of ketones is 1. The molecule has 4 rings (SSSR count). The summed E-state index contributed by atoms with van der Waals surface area (Å²) in [4.78, 5) is 27.3. The molecule has 7 heteroatoms. The van der Waals surface area contributed by atoms with Crippen LogP contribution in [0.2, 0.25) is 0 Å². The van der Waals surface area contributed by atoms with Crippen LogP contribution in [0.1, 0.15) is 29.9 Å². The van der Waals surface area contributed by atoms with Crippen molar-refractivity contribution >= 4 is 17.4 Å². The number of carbonyl (C=O) groups is 2. The minimum atomic E-state index is -0.846. The maximum Gasteiger partial charge on any atom is 0.296 e. The number of carbonyl (C=O) groups excluding carboxylic acids is 2. The van der Waals surface area contributed by atoms with Crippen LogP contribution in [0.15, 0.2) is 76.9 Å². The van der Waals surface area contributed by atoms with Gasteiger partial charge in [-0.2, -0.15) is 0 Å². The van der Waals surface area contributed by atoms with E-state index in [1.54, 1.807) is 48.5 Å². The molecule has 1 saturated heterocycles. The summed E-state index contributed by atoms with van der Waals surface area (Å²) in [5, 5.41) is 20.8. The van der Waals surface area contributed by atoms with Crippen molar-refractivity contribution in [3.63, 3.8) is 0 Å². The molecule has 3 aromatic rings. The molecule has 1 atom stereocenters. The zero-order valence-electron chi connectivity index (χ0n) is 16.8. The lowest BCUT2D eigenvalue weighted by Gasteiger charge is -2.24. The fourth-order valence-electron chi connectivity index (χ4n) is 3.67. The maximum absolute atomic E-state index is 13.0. The largest absolute Gasteiger partial charge is 0.508 e. The van der Waals surface area contributed by atoms with E-state index < -0.39 is 17.7 Å². The van der Waals surface area contributed by atoms with Gasteiger partial charge in [0, 0.05) is 5.56 Å². The summed E-state index contributed by atoms with van der Waals surface area (Å²) in [5.74, 6) is -0.724. The molecule has 0 saturated carbocycles. The van der Waals surface area contributed by atoms with Crippen LogP contribution in [0.25, 0.3) is 5.76 Å². The van der Waals surface area contributed by atoms with Gasteiger partial charge in [-0.3, -0.25) is 9.59 Å². The Labute approximate surface area is 178 Å². The third kappa shape index (κ3) is 3.90. The van der Waals surface area contributed by atoms with E-state index in [0.29, 0.717) is 29.2 Å². The molecule has 2 aromatic carbocycles. The second kappa shape index (κ2) is 8.39. The standard InChI is InChI=1S/C24H21NO6/c1-2-30-18-6-3-5-16(13-18)22(27)20-21(15-8-10-17(26)11-9-15)25(24(29)23(20)28)14-19-7-4-12-31-19/h3-13,21,26-27H,2,14H2,1H3. The van der Waals surface area contributed by atoms with Crippen LogP contribution >= 0.6 is 0 Å². The topological polar surface area (TPSA) is 100 Å². The Kier molecular flexibility index (Phi) is 5.49. The van der Waals surface area contributed by atoms with E-state index in [-0.39, 0.29) is 23.6 Å². The maximum atomic E-state index is 13.0. The molecule has 158 valence electrons. The zero-order valence-corrected chi connectivity index (χ0v) is 16.8. The molecular weight excluding hydrogens is 398 g/mol. The zero-order chi connectivity index (χ0) is 22.0. The van der Waals surface area contributed by atoms with Crippen LogP contribution in [0.5, 0.6) is 11.5 Å². The summed E-state index contributed by atoms with van der Waals surface area (Å²) < 4.78 is 10.9. The lowest BCUT2D eigenvalue weighted by Crippen LogP contribution is -2.29. The van der Waals surface area contributed by atoms with Gasteiger partial charge in [0.15, 0.2) is 0 Å². The van der Waals surface area contributed by atoms with Crippen molar-refractivity contribution in [1.82, 2.24) is 4.90 Å². The van der Waals surface area contributed by atoms with Crippen molar-refractivity contribution in [3.05, 3.63) is 89.4 Å². The molecule has 7 nitrogen and oxygen atoms in total. The highest BCUT2D eigenvalue weighted by Crippen LogP contribution is 2.41. The Morgan fingerprint density at radius 3 is 2.55 bits per heavy atom. The molecule has 1 amide bonds. The Morgan fingerprint density at radius 1 is 1.10 bits per heavy atom. The van der Waals surface area contributed by atoms with Crippen LogP contribution in [0.3, 0.4) is 0 Å². The van der Waals surface area contributed by atoms with E-state index in [1.165, 1.54) is 23.3 Å². The summed E-state index contributed by atoms with van der Waals surface area (Å²) >= 11 is 0. The number of likely N-dealkylation sites (tertiary alicyclic amines) is 1. The van der Waals surface area contributed by atoms with Crippen molar-refractivity contribution < 1.29 is 29.0 Å². The Hall–Kier alpha value is -4.00. The second-order valence-electron chi connectivity index (χ2n) is 7.06. The van der Waals surface area contributed by atoms with E-state index in [2.05, 4.69) is 0 Å². The first-order chi connectivity index (χ1) is 15.0. The number of nitrogens with zero attached hydrogens (tertiary/aromatic N) is 1. The fraction of sp³-hybridized carbons (Fsp3) is 0.167. The SMILES string of the molecule is CCOc1cccc(C(O)=C2C(=O)C(=O)N(Cc3ccco3)C2c2ccc(O)cc2)c1. The molecule has 2 heterocycles. The first-order valence-corrected chi connectivity index (χ1v) is 9.82. The van der Waals surface area contributed by atoms with Crippen LogP contribution in [-0.4, -0.2) is 33.4 Å². The summed E-state index contributed by atoms with van der Waals surface area (Å²) in [6.45, 7) is 2.35. The highest BCUT2D eigenvalue weighted by atomic mass is 16.5. The van der Waals surface area contributed by atoms with Crippen LogP contribution in [0.4, 0.5) is 0 Å². The van der Waals surface area contributed by atoms with E-state index in [1.807, 2.05) is 6.92 Å². The van der Waals surface area contributed by atoms with Gasteiger partial charge < -0.3 is 24.3 Å². The van der Waals surface area contributed by atoms with Gasteiger partial charge in [0.2, 0.25) is 0 Å². The lowest BCUT2D eigenvalue weighted by molar-refractivity contribution is -0.140. The number of Topliss-reactive ketones (excluding diaryl/α,β-unsaturated/α-hetero) is 1.